The van der Waals surface area contributed by atoms with Crippen LogP contribution in [-0.4, -0.2) is 67.3 Å². The van der Waals surface area contributed by atoms with Crippen LogP contribution < -0.4 is 0 Å². The molecule has 0 amide bonds. The zero-order chi connectivity index (χ0) is 15.1. The summed E-state index contributed by atoms with van der Waals surface area (Å²) in [4.78, 5) is 0. The highest BCUT2D eigenvalue weighted by atomic mass is 16.7. The van der Waals surface area contributed by atoms with Crippen molar-refractivity contribution in [2.75, 3.05) is 20.3 Å². The standard InChI is InChI=1S/C14H28O6/c1-5-7-9(3)19-14-13(18-6-2)12(16)11(15)10(20-14)8-17-4/h9-16H,5-8H2,1-4H3. The van der Waals surface area contributed by atoms with Crippen molar-refractivity contribution < 1.29 is 29.2 Å². The maximum Gasteiger partial charge on any atom is 0.187 e. The second-order valence-corrected chi connectivity index (χ2v) is 5.13. The number of ether oxygens (including phenoxy) is 4. The van der Waals surface area contributed by atoms with Crippen molar-refractivity contribution in [3.05, 3.63) is 0 Å². The maximum atomic E-state index is 10.2. The van der Waals surface area contributed by atoms with E-state index in [-0.39, 0.29) is 12.7 Å². The zero-order valence-electron chi connectivity index (χ0n) is 12.8. The van der Waals surface area contributed by atoms with Gasteiger partial charge in [-0.2, -0.15) is 0 Å². The second kappa shape index (κ2) is 8.92. The fourth-order valence-corrected chi connectivity index (χ4v) is 2.39. The molecule has 1 saturated heterocycles. The van der Waals surface area contributed by atoms with Gasteiger partial charge in [0.2, 0.25) is 0 Å². The number of hydrogen-bond acceptors (Lipinski definition) is 6. The highest BCUT2D eigenvalue weighted by Crippen LogP contribution is 2.26. The molecule has 0 radical (unpaired) electrons. The van der Waals surface area contributed by atoms with Crippen LogP contribution in [0.15, 0.2) is 0 Å². The van der Waals surface area contributed by atoms with Gasteiger partial charge in [-0.05, 0) is 20.3 Å². The van der Waals surface area contributed by atoms with Crippen LogP contribution in [-0.2, 0) is 18.9 Å². The van der Waals surface area contributed by atoms with Crippen molar-refractivity contribution in [3.8, 4) is 0 Å². The molecule has 1 aliphatic heterocycles. The lowest BCUT2D eigenvalue weighted by Gasteiger charge is -2.42. The van der Waals surface area contributed by atoms with Gasteiger partial charge in [0.05, 0.1) is 12.7 Å². The number of hydrogen-bond donors (Lipinski definition) is 2. The summed E-state index contributed by atoms with van der Waals surface area (Å²) in [6.07, 6.45) is -2.22. The highest BCUT2D eigenvalue weighted by Gasteiger charge is 2.46. The van der Waals surface area contributed by atoms with Crippen molar-refractivity contribution in [2.24, 2.45) is 0 Å². The lowest BCUT2D eigenvalue weighted by molar-refractivity contribution is -0.318. The Morgan fingerprint density at radius 2 is 1.90 bits per heavy atom. The topological polar surface area (TPSA) is 77.4 Å². The van der Waals surface area contributed by atoms with Crippen LogP contribution >= 0.6 is 0 Å². The molecular weight excluding hydrogens is 264 g/mol. The molecule has 2 N–H and O–H groups in total. The molecule has 6 nitrogen and oxygen atoms in total. The first-order valence-corrected chi connectivity index (χ1v) is 7.32. The van der Waals surface area contributed by atoms with Gasteiger partial charge >= 0.3 is 0 Å². The Labute approximate surface area is 121 Å². The third-order valence-electron chi connectivity index (χ3n) is 3.40. The third-order valence-corrected chi connectivity index (χ3v) is 3.40. The normalized spacial score (nSPS) is 36.0. The van der Waals surface area contributed by atoms with Crippen molar-refractivity contribution in [1.82, 2.24) is 0 Å². The molecule has 1 rings (SSSR count). The summed E-state index contributed by atoms with van der Waals surface area (Å²) >= 11 is 0. The largest absolute Gasteiger partial charge is 0.387 e. The number of rotatable bonds is 8. The minimum atomic E-state index is -1.05. The smallest absolute Gasteiger partial charge is 0.187 e. The fourth-order valence-electron chi connectivity index (χ4n) is 2.39. The summed E-state index contributed by atoms with van der Waals surface area (Å²) in [7, 11) is 1.52. The predicted molar refractivity (Wildman–Crippen MR) is 73.4 cm³/mol. The first kappa shape index (κ1) is 17.8. The lowest BCUT2D eigenvalue weighted by Crippen LogP contribution is -2.60. The Hall–Kier alpha value is -0.240. The molecule has 0 aromatic heterocycles. The minimum Gasteiger partial charge on any atom is -0.387 e. The molecule has 1 fully saturated rings. The van der Waals surface area contributed by atoms with Crippen molar-refractivity contribution >= 4 is 0 Å². The van der Waals surface area contributed by atoms with Crippen LogP contribution in [0.25, 0.3) is 0 Å². The lowest BCUT2D eigenvalue weighted by atomic mass is 9.99. The number of methoxy groups -OCH3 is 1. The van der Waals surface area contributed by atoms with Crippen LogP contribution in [0, 0.1) is 0 Å². The second-order valence-electron chi connectivity index (χ2n) is 5.13. The first-order chi connectivity index (χ1) is 9.54. The average Bonchev–Trinajstić information content (AvgIpc) is 2.40. The quantitative estimate of drug-likeness (QED) is 0.685. The van der Waals surface area contributed by atoms with Gasteiger partial charge in [-0.1, -0.05) is 13.3 Å². The van der Waals surface area contributed by atoms with E-state index in [2.05, 4.69) is 6.92 Å². The molecule has 20 heavy (non-hydrogen) atoms. The average molecular weight is 292 g/mol. The van der Waals surface area contributed by atoms with E-state index < -0.39 is 30.7 Å². The molecule has 0 spiro atoms. The van der Waals surface area contributed by atoms with E-state index in [0.717, 1.165) is 12.8 Å². The Balaban J connectivity index is 2.73. The third kappa shape index (κ3) is 4.65. The number of aliphatic hydroxyl groups is 2. The molecular formula is C14H28O6. The Morgan fingerprint density at radius 3 is 2.45 bits per heavy atom. The summed E-state index contributed by atoms with van der Waals surface area (Å²) in [5, 5.41) is 20.2. The molecule has 1 heterocycles. The maximum absolute atomic E-state index is 10.2. The SMILES string of the molecule is CCCC(C)OC1OC(COC)C(O)C(O)C1OCC. The summed E-state index contributed by atoms with van der Waals surface area (Å²) in [6.45, 7) is 6.47. The zero-order valence-corrected chi connectivity index (χ0v) is 12.8. The van der Waals surface area contributed by atoms with Gasteiger partial charge < -0.3 is 29.2 Å². The van der Waals surface area contributed by atoms with Gasteiger partial charge in [0.25, 0.3) is 0 Å². The Kier molecular flexibility index (Phi) is 7.94. The van der Waals surface area contributed by atoms with Crippen LogP contribution in [0.5, 0.6) is 0 Å². The molecule has 6 heteroatoms. The van der Waals surface area contributed by atoms with E-state index in [4.69, 9.17) is 18.9 Å². The molecule has 0 saturated carbocycles. The summed E-state index contributed by atoms with van der Waals surface area (Å²) < 4.78 is 22.0. The molecule has 6 unspecified atom stereocenters. The Bertz CT molecular complexity index is 262. The molecule has 6 atom stereocenters. The van der Waals surface area contributed by atoms with E-state index in [1.807, 2.05) is 13.8 Å². The molecule has 1 aliphatic rings. The van der Waals surface area contributed by atoms with E-state index >= 15 is 0 Å². The number of aliphatic hydroxyl groups excluding tert-OH is 2. The van der Waals surface area contributed by atoms with Gasteiger partial charge in [-0.3, -0.25) is 0 Å². The van der Waals surface area contributed by atoms with Gasteiger partial charge in [0.15, 0.2) is 6.29 Å². The highest BCUT2D eigenvalue weighted by molar-refractivity contribution is 4.90. The predicted octanol–water partition coefficient (Wildman–Crippen LogP) is 0.690. The summed E-state index contributed by atoms with van der Waals surface area (Å²) in [6, 6.07) is 0. The van der Waals surface area contributed by atoms with Gasteiger partial charge in [-0.25, -0.2) is 0 Å². The molecule has 0 aromatic carbocycles. The molecule has 120 valence electrons. The van der Waals surface area contributed by atoms with Gasteiger partial charge in [-0.15, -0.1) is 0 Å². The van der Waals surface area contributed by atoms with E-state index in [1.165, 1.54) is 7.11 Å². The molecule has 0 aliphatic carbocycles. The van der Waals surface area contributed by atoms with Crippen LogP contribution in [0.4, 0.5) is 0 Å². The van der Waals surface area contributed by atoms with Crippen molar-refractivity contribution in [3.63, 3.8) is 0 Å². The monoisotopic (exact) mass is 292 g/mol. The van der Waals surface area contributed by atoms with Gasteiger partial charge in [0, 0.05) is 13.7 Å². The van der Waals surface area contributed by atoms with E-state index in [9.17, 15) is 10.2 Å². The van der Waals surface area contributed by atoms with Crippen LogP contribution in [0.3, 0.4) is 0 Å². The fraction of sp³-hybridized carbons (Fsp3) is 1.00. The van der Waals surface area contributed by atoms with Crippen LogP contribution in [0.1, 0.15) is 33.6 Å². The van der Waals surface area contributed by atoms with Crippen molar-refractivity contribution in [1.29, 1.82) is 0 Å². The van der Waals surface area contributed by atoms with E-state index in [1.54, 1.807) is 0 Å². The summed E-state index contributed by atoms with van der Waals surface area (Å²) in [5.74, 6) is 0. The Morgan fingerprint density at radius 1 is 1.20 bits per heavy atom. The van der Waals surface area contributed by atoms with Gasteiger partial charge in [0.1, 0.15) is 24.4 Å². The first-order valence-electron chi connectivity index (χ1n) is 7.32. The molecule has 0 bridgehead atoms. The van der Waals surface area contributed by atoms with Crippen LogP contribution in [0.2, 0.25) is 0 Å². The van der Waals surface area contributed by atoms with E-state index in [0.29, 0.717) is 6.61 Å². The van der Waals surface area contributed by atoms with Crippen molar-refractivity contribution in [2.45, 2.75) is 70.4 Å². The minimum absolute atomic E-state index is 0.00130. The molecule has 0 aromatic rings. The summed E-state index contributed by atoms with van der Waals surface area (Å²) in [5.41, 5.74) is 0.